The third kappa shape index (κ3) is 2.86. The molecule has 3 nitrogen and oxygen atoms in total. The van der Waals surface area contributed by atoms with Crippen molar-refractivity contribution in [3.63, 3.8) is 0 Å². The molecule has 0 aliphatic carbocycles. The minimum Gasteiger partial charge on any atom is -0.339 e. The van der Waals surface area contributed by atoms with E-state index in [1.165, 1.54) is 12.1 Å². The van der Waals surface area contributed by atoms with Gasteiger partial charge in [-0.3, -0.25) is 0 Å². The zero-order valence-electron chi connectivity index (χ0n) is 10.4. The third-order valence-electron chi connectivity index (χ3n) is 2.84. The lowest BCUT2D eigenvalue weighted by Gasteiger charge is -1.96. The fourth-order valence-electron chi connectivity index (χ4n) is 1.82. The normalized spacial score (nSPS) is 10.7. The second-order valence-corrected chi connectivity index (χ2v) is 4.76. The minimum absolute atomic E-state index is 0.293. The number of hydrogen-bond donors (Lipinski definition) is 0. The minimum atomic E-state index is -0.293. The van der Waals surface area contributed by atoms with Crippen molar-refractivity contribution < 1.29 is 8.91 Å². The predicted molar refractivity (Wildman–Crippen MR) is 74.0 cm³/mol. The lowest BCUT2D eigenvalue weighted by Crippen LogP contribution is -1.88. The van der Waals surface area contributed by atoms with Crippen molar-refractivity contribution in [3.05, 3.63) is 70.8 Å². The quantitative estimate of drug-likeness (QED) is 0.728. The molecule has 0 amide bonds. The highest BCUT2D eigenvalue weighted by Gasteiger charge is 2.09. The Morgan fingerprint density at radius 2 is 1.70 bits per heavy atom. The van der Waals surface area contributed by atoms with Crippen LogP contribution < -0.4 is 0 Å². The standard InChI is InChI=1S/C15H10ClFN2O/c16-12-5-1-10(2-6-12)9-14-18-15(19-20-14)11-3-7-13(17)8-4-11/h1-8H,9H2. The molecule has 0 radical (unpaired) electrons. The largest absolute Gasteiger partial charge is 0.339 e. The number of rotatable bonds is 3. The van der Waals surface area contributed by atoms with Gasteiger partial charge in [-0.1, -0.05) is 28.9 Å². The molecule has 0 N–H and O–H groups in total. The summed E-state index contributed by atoms with van der Waals surface area (Å²) in [6.07, 6.45) is 0.533. The Hall–Kier alpha value is -2.20. The van der Waals surface area contributed by atoms with Crippen LogP contribution in [0, 0.1) is 5.82 Å². The first-order valence-electron chi connectivity index (χ1n) is 6.04. The summed E-state index contributed by atoms with van der Waals surface area (Å²) in [6.45, 7) is 0. The summed E-state index contributed by atoms with van der Waals surface area (Å²) in [5, 5.41) is 4.58. The summed E-state index contributed by atoms with van der Waals surface area (Å²) in [7, 11) is 0. The van der Waals surface area contributed by atoms with Crippen molar-refractivity contribution >= 4 is 11.6 Å². The highest BCUT2D eigenvalue weighted by atomic mass is 35.5. The number of hydrogen-bond acceptors (Lipinski definition) is 3. The number of nitrogens with zero attached hydrogens (tertiary/aromatic N) is 2. The van der Waals surface area contributed by atoms with Crippen LogP contribution in [-0.4, -0.2) is 10.1 Å². The topological polar surface area (TPSA) is 38.9 Å². The van der Waals surface area contributed by atoms with Gasteiger partial charge in [0.1, 0.15) is 5.82 Å². The zero-order chi connectivity index (χ0) is 13.9. The maximum absolute atomic E-state index is 12.9. The molecule has 3 aromatic rings. The number of aromatic nitrogens is 2. The Morgan fingerprint density at radius 1 is 1.00 bits per heavy atom. The van der Waals surface area contributed by atoms with Crippen molar-refractivity contribution in [1.29, 1.82) is 0 Å². The number of benzene rings is 2. The molecular formula is C15H10ClFN2O. The molecule has 1 aromatic heterocycles. The molecule has 20 heavy (non-hydrogen) atoms. The van der Waals surface area contributed by atoms with E-state index >= 15 is 0 Å². The van der Waals surface area contributed by atoms with E-state index in [4.69, 9.17) is 16.1 Å². The first kappa shape index (κ1) is 12.8. The van der Waals surface area contributed by atoms with Crippen LogP contribution in [0.3, 0.4) is 0 Å². The van der Waals surface area contributed by atoms with Crippen LogP contribution in [-0.2, 0) is 6.42 Å². The molecule has 0 bridgehead atoms. The Morgan fingerprint density at radius 3 is 2.40 bits per heavy atom. The van der Waals surface area contributed by atoms with Gasteiger partial charge in [0.15, 0.2) is 0 Å². The Bertz CT molecular complexity index is 707. The van der Waals surface area contributed by atoms with Gasteiger partial charge in [-0.05, 0) is 42.0 Å². The molecule has 5 heteroatoms. The second kappa shape index (κ2) is 5.43. The summed E-state index contributed by atoms with van der Waals surface area (Å²) in [5.41, 5.74) is 1.75. The van der Waals surface area contributed by atoms with Crippen molar-refractivity contribution in [2.24, 2.45) is 0 Å². The lowest BCUT2D eigenvalue weighted by molar-refractivity contribution is 0.385. The second-order valence-electron chi connectivity index (χ2n) is 4.32. The van der Waals surface area contributed by atoms with E-state index in [1.807, 2.05) is 24.3 Å². The van der Waals surface area contributed by atoms with Crippen LogP contribution in [0.1, 0.15) is 11.5 Å². The van der Waals surface area contributed by atoms with Crippen LogP contribution in [0.2, 0.25) is 5.02 Å². The monoisotopic (exact) mass is 288 g/mol. The Kier molecular flexibility index (Phi) is 3.48. The highest BCUT2D eigenvalue weighted by Crippen LogP contribution is 2.18. The maximum Gasteiger partial charge on any atom is 0.231 e. The van der Waals surface area contributed by atoms with Gasteiger partial charge in [0.05, 0.1) is 6.42 Å². The summed E-state index contributed by atoms with van der Waals surface area (Å²) in [6, 6.07) is 13.4. The number of halogens is 2. The van der Waals surface area contributed by atoms with Crippen molar-refractivity contribution in [1.82, 2.24) is 10.1 Å². The van der Waals surface area contributed by atoms with Crippen molar-refractivity contribution in [3.8, 4) is 11.4 Å². The molecule has 2 aromatic carbocycles. The van der Waals surface area contributed by atoms with E-state index in [1.54, 1.807) is 12.1 Å². The predicted octanol–water partition coefficient (Wildman–Crippen LogP) is 4.12. The van der Waals surface area contributed by atoms with E-state index in [0.717, 1.165) is 11.1 Å². The molecule has 0 saturated carbocycles. The zero-order valence-corrected chi connectivity index (χ0v) is 11.1. The molecular weight excluding hydrogens is 279 g/mol. The van der Waals surface area contributed by atoms with Crippen LogP contribution in [0.25, 0.3) is 11.4 Å². The van der Waals surface area contributed by atoms with Gasteiger partial charge in [-0.25, -0.2) is 4.39 Å². The van der Waals surface area contributed by atoms with Crippen LogP contribution in [0.5, 0.6) is 0 Å². The molecule has 0 fully saturated rings. The maximum atomic E-state index is 12.9. The third-order valence-corrected chi connectivity index (χ3v) is 3.09. The molecule has 0 aliphatic heterocycles. The van der Waals surface area contributed by atoms with E-state index in [0.29, 0.717) is 23.2 Å². The van der Waals surface area contributed by atoms with E-state index in [-0.39, 0.29) is 5.82 Å². The van der Waals surface area contributed by atoms with E-state index < -0.39 is 0 Å². The molecule has 1 heterocycles. The summed E-state index contributed by atoms with van der Waals surface area (Å²) in [5.74, 6) is 0.666. The van der Waals surface area contributed by atoms with Crippen LogP contribution in [0.4, 0.5) is 4.39 Å². The van der Waals surface area contributed by atoms with Gasteiger partial charge in [0, 0.05) is 10.6 Å². The first-order chi connectivity index (χ1) is 9.70. The fraction of sp³-hybridized carbons (Fsp3) is 0.0667. The average Bonchev–Trinajstić information content (AvgIpc) is 2.91. The Labute approximate surface area is 120 Å². The lowest BCUT2D eigenvalue weighted by atomic mass is 10.1. The summed E-state index contributed by atoms with van der Waals surface area (Å²) in [4.78, 5) is 4.29. The molecule has 0 spiro atoms. The highest BCUT2D eigenvalue weighted by molar-refractivity contribution is 6.30. The SMILES string of the molecule is Fc1ccc(-c2noc(Cc3ccc(Cl)cc3)n2)cc1. The molecule has 3 rings (SSSR count). The van der Waals surface area contributed by atoms with E-state index in [2.05, 4.69) is 10.1 Å². The van der Waals surface area contributed by atoms with Gasteiger partial charge >= 0.3 is 0 Å². The van der Waals surface area contributed by atoms with Crippen molar-refractivity contribution in [2.75, 3.05) is 0 Å². The van der Waals surface area contributed by atoms with Gasteiger partial charge < -0.3 is 4.52 Å². The average molecular weight is 289 g/mol. The van der Waals surface area contributed by atoms with Gasteiger partial charge in [-0.15, -0.1) is 0 Å². The molecule has 0 aliphatic rings. The molecule has 0 saturated heterocycles. The fourth-order valence-corrected chi connectivity index (χ4v) is 1.95. The molecule has 0 unspecified atom stereocenters. The smallest absolute Gasteiger partial charge is 0.231 e. The van der Waals surface area contributed by atoms with Gasteiger partial charge in [0.25, 0.3) is 0 Å². The van der Waals surface area contributed by atoms with Gasteiger partial charge in [0.2, 0.25) is 11.7 Å². The Balaban J connectivity index is 1.80. The summed E-state index contributed by atoms with van der Waals surface area (Å²) < 4.78 is 18.0. The van der Waals surface area contributed by atoms with Crippen LogP contribution in [0.15, 0.2) is 53.1 Å². The molecule has 0 atom stereocenters. The van der Waals surface area contributed by atoms with Crippen LogP contribution >= 0.6 is 11.6 Å². The van der Waals surface area contributed by atoms with Gasteiger partial charge in [-0.2, -0.15) is 4.98 Å². The molecule has 100 valence electrons. The van der Waals surface area contributed by atoms with Crippen molar-refractivity contribution in [2.45, 2.75) is 6.42 Å². The first-order valence-corrected chi connectivity index (χ1v) is 6.41. The summed E-state index contributed by atoms with van der Waals surface area (Å²) >= 11 is 5.83. The van der Waals surface area contributed by atoms with E-state index in [9.17, 15) is 4.39 Å².